The highest BCUT2D eigenvalue weighted by atomic mass is 32.2. The Hall–Kier alpha value is -2.68. The fraction of sp³-hybridized carbons (Fsp3) is 0.429. The summed E-state index contributed by atoms with van der Waals surface area (Å²) in [6, 6.07) is 5.47. The molecule has 1 aromatic carbocycles. The molecule has 3 rings (SSSR count). The van der Waals surface area contributed by atoms with Gasteiger partial charge in [0.05, 0.1) is 18.1 Å². The Bertz CT molecular complexity index is 989. The number of carbonyl (C=O) groups is 1. The summed E-state index contributed by atoms with van der Waals surface area (Å²) < 4.78 is 14.8. The Morgan fingerprint density at radius 1 is 1.23 bits per heavy atom. The first-order chi connectivity index (χ1) is 14.5. The van der Waals surface area contributed by atoms with E-state index in [4.69, 9.17) is 0 Å². The van der Waals surface area contributed by atoms with Crippen molar-refractivity contribution in [1.82, 2.24) is 25.1 Å². The molecule has 7 nitrogen and oxygen atoms in total. The average molecular weight is 431 g/mol. The highest BCUT2D eigenvalue weighted by molar-refractivity contribution is 7.99. The molecule has 0 atom stereocenters. The molecule has 2 heterocycles. The van der Waals surface area contributed by atoms with E-state index in [0.717, 1.165) is 35.6 Å². The number of fused-ring (bicyclic) bond motifs is 1. The van der Waals surface area contributed by atoms with Crippen LogP contribution in [0.15, 0.2) is 35.6 Å². The Morgan fingerprint density at radius 3 is 2.70 bits per heavy atom. The fourth-order valence-electron chi connectivity index (χ4n) is 2.77. The van der Waals surface area contributed by atoms with Crippen LogP contribution in [0, 0.1) is 11.7 Å². The Kier molecular flexibility index (Phi) is 7.62. The summed E-state index contributed by atoms with van der Waals surface area (Å²) in [6.45, 7) is 8.06. The van der Waals surface area contributed by atoms with Crippen LogP contribution in [0.3, 0.4) is 0 Å². The lowest BCUT2D eigenvalue weighted by atomic mass is 10.2. The molecule has 0 unspecified atom stereocenters. The molecule has 0 radical (unpaired) electrons. The number of amides is 1. The van der Waals surface area contributed by atoms with Crippen LogP contribution in [0.25, 0.3) is 11.0 Å². The summed E-state index contributed by atoms with van der Waals surface area (Å²) in [5.41, 5.74) is 1.16. The van der Waals surface area contributed by atoms with Crippen LogP contribution in [-0.2, 0) is 6.54 Å². The van der Waals surface area contributed by atoms with Gasteiger partial charge in [0.15, 0.2) is 10.8 Å². The SMILES string of the molecule is CCCSc1nc(NCC(C)C)c2cnn(CCNC(=O)c3ccc(F)cc3)c2n1. The van der Waals surface area contributed by atoms with Gasteiger partial charge < -0.3 is 10.6 Å². The number of hydrogen-bond acceptors (Lipinski definition) is 6. The van der Waals surface area contributed by atoms with E-state index in [2.05, 4.69) is 46.5 Å². The number of nitrogens with zero attached hydrogens (tertiary/aromatic N) is 4. The molecule has 0 aliphatic heterocycles. The second-order valence-corrected chi connectivity index (χ2v) is 8.41. The van der Waals surface area contributed by atoms with E-state index in [1.165, 1.54) is 24.3 Å². The van der Waals surface area contributed by atoms with Gasteiger partial charge >= 0.3 is 0 Å². The molecular formula is C21H27FN6OS. The smallest absolute Gasteiger partial charge is 0.251 e. The van der Waals surface area contributed by atoms with Crippen LogP contribution in [0.4, 0.5) is 10.2 Å². The van der Waals surface area contributed by atoms with Crippen molar-refractivity contribution in [2.75, 3.05) is 24.2 Å². The molecule has 0 saturated heterocycles. The van der Waals surface area contributed by atoms with Crippen molar-refractivity contribution in [2.24, 2.45) is 5.92 Å². The Balaban J connectivity index is 1.73. The first-order valence-electron chi connectivity index (χ1n) is 10.1. The van der Waals surface area contributed by atoms with Gasteiger partial charge in [-0.3, -0.25) is 4.79 Å². The minimum Gasteiger partial charge on any atom is -0.369 e. The third-order valence-corrected chi connectivity index (χ3v) is 5.36. The number of thioether (sulfide) groups is 1. The number of halogens is 1. The second kappa shape index (κ2) is 10.4. The lowest BCUT2D eigenvalue weighted by Crippen LogP contribution is -2.27. The van der Waals surface area contributed by atoms with E-state index >= 15 is 0 Å². The number of carbonyl (C=O) groups excluding carboxylic acids is 1. The summed E-state index contributed by atoms with van der Waals surface area (Å²) in [7, 11) is 0. The van der Waals surface area contributed by atoms with Crippen LogP contribution in [-0.4, -0.2) is 44.5 Å². The van der Waals surface area contributed by atoms with Crippen LogP contribution in [0.1, 0.15) is 37.6 Å². The molecule has 2 N–H and O–H groups in total. The van der Waals surface area contributed by atoms with Gasteiger partial charge in [-0.25, -0.2) is 19.0 Å². The molecule has 3 aromatic rings. The van der Waals surface area contributed by atoms with Gasteiger partial charge in [0.25, 0.3) is 5.91 Å². The quantitative estimate of drug-likeness (QED) is 0.374. The van der Waals surface area contributed by atoms with Crippen molar-refractivity contribution in [1.29, 1.82) is 0 Å². The number of aromatic nitrogens is 4. The van der Waals surface area contributed by atoms with Crippen molar-refractivity contribution < 1.29 is 9.18 Å². The van der Waals surface area contributed by atoms with Gasteiger partial charge in [0, 0.05) is 24.4 Å². The monoisotopic (exact) mass is 430 g/mol. The van der Waals surface area contributed by atoms with E-state index in [9.17, 15) is 9.18 Å². The maximum atomic E-state index is 13.0. The molecular weight excluding hydrogens is 403 g/mol. The van der Waals surface area contributed by atoms with Crippen molar-refractivity contribution in [3.8, 4) is 0 Å². The number of anilines is 1. The molecule has 2 aromatic heterocycles. The zero-order chi connectivity index (χ0) is 21.5. The average Bonchev–Trinajstić information content (AvgIpc) is 3.14. The summed E-state index contributed by atoms with van der Waals surface area (Å²) >= 11 is 1.62. The van der Waals surface area contributed by atoms with Crippen molar-refractivity contribution in [3.05, 3.63) is 41.8 Å². The lowest BCUT2D eigenvalue weighted by molar-refractivity contribution is 0.0952. The van der Waals surface area contributed by atoms with Crippen LogP contribution in [0.5, 0.6) is 0 Å². The standard InChI is InChI=1S/C21H27FN6OS/c1-4-11-30-21-26-18(24-12-14(2)3)17-13-25-28(19(17)27-21)10-9-23-20(29)15-5-7-16(22)8-6-15/h5-8,13-14H,4,9-12H2,1-3H3,(H,23,29)(H,24,26,27). The van der Waals surface area contributed by atoms with Crippen LogP contribution >= 0.6 is 11.8 Å². The third kappa shape index (κ3) is 5.69. The summed E-state index contributed by atoms with van der Waals surface area (Å²) in [4.78, 5) is 21.6. The van der Waals surface area contributed by atoms with Gasteiger partial charge in [0.1, 0.15) is 11.6 Å². The number of benzene rings is 1. The normalized spacial score (nSPS) is 11.2. The molecule has 160 valence electrons. The Morgan fingerprint density at radius 2 is 2.00 bits per heavy atom. The molecule has 0 fully saturated rings. The van der Waals surface area contributed by atoms with Crippen LogP contribution < -0.4 is 10.6 Å². The molecule has 0 saturated carbocycles. The predicted octanol–water partition coefficient (Wildman–Crippen LogP) is 3.97. The largest absolute Gasteiger partial charge is 0.369 e. The first-order valence-corrected chi connectivity index (χ1v) is 11.1. The third-order valence-electron chi connectivity index (χ3n) is 4.30. The number of hydrogen-bond donors (Lipinski definition) is 2. The van der Waals surface area contributed by atoms with Crippen molar-refractivity contribution >= 4 is 34.5 Å². The molecule has 30 heavy (non-hydrogen) atoms. The van der Waals surface area contributed by atoms with Gasteiger partial charge in [-0.05, 0) is 36.6 Å². The van der Waals surface area contributed by atoms with Gasteiger partial charge in [0.2, 0.25) is 0 Å². The van der Waals surface area contributed by atoms with E-state index in [1.54, 1.807) is 22.6 Å². The maximum Gasteiger partial charge on any atom is 0.251 e. The van der Waals surface area contributed by atoms with E-state index < -0.39 is 0 Å². The molecule has 9 heteroatoms. The number of rotatable bonds is 10. The minimum absolute atomic E-state index is 0.250. The summed E-state index contributed by atoms with van der Waals surface area (Å²) in [6.07, 6.45) is 2.80. The minimum atomic E-state index is -0.368. The summed E-state index contributed by atoms with van der Waals surface area (Å²) in [5, 5.41) is 12.3. The summed E-state index contributed by atoms with van der Waals surface area (Å²) in [5.74, 6) is 1.59. The first kappa shape index (κ1) is 22.0. The highest BCUT2D eigenvalue weighted by Gasteiger charge is 2.14. The topological polar surface area (TPSA) is 84.7 Å². The number of nitrogens with one attached hydrogen (secondary N) is 2. The van der Waals surface area contributed by atoms with Crippen molar-refractivity contribution in [3.63, 3.8) is 0 Å². The lowest BCUT2D eigenvalue weighted by Gasteiger charge is -2.11. The highest BCUT2D eigenvalue weighted by Crippen LogP contribution is 2.25. The zero-order valence-electron chi connectivity index (χ0n) is 17.5. The van der Waals surface area contributed by atoms with Gasteiger partial charge in [-0.2, -0.15) is 5.10 Å². The second-order valence-electron chi connectivity index (χ2n) is 7.35. The maximum absolute atomic E-state index is 13.0. The Labute approximate surface area is 179 Å². The van der Waals surface area contributed by atoms with Crippen LogP contribution in [0.2, 0.25) is 0 Å². The van der Waals surface area contributed by atoms with Gasteiger partial charge in [-0.15, -0.1) is 0 Å². The van der Waals surface area contributed by atoms with Crippen molar-refractivity contribution in [2.45, 2.75) is 38.9 Å². The molecule has 0 spiro atoms. The van der Waals surface area contributed by atoms with E-state index in [-0.39, 0.29) is 11.7 Å². The van der Waals surface area contributed by atoms with E-state index in [0.29, 0.717) is 29.7 Å². The molecule has 1 amide bonds. The zero-order valence-corrected chi connectivity index (χ0v) is 18.3. The predicted molar refractivity (Wildman–Crippen MR) is 118 cm³/mol. The molecule has 0 bridgehead atoms. The van der Waals surface area contributed by atoms with E-state index in [1.807, 2.05) is 0 Å². The molecule has 0 aliphatic rings. The fourth-order valence-corrected chi connectivity index (χ4v) is 3.46. The molecule has 0 aliphatic carbocycles. The van der Waals surface area contributed by atoms with Gasteiger partial charge in [-0.1, -0.05) is 32.5 Å².